The van der Waals surface area contributed by atoms with E-state index in [2.05, 4.69) is 5.32 Å². The van der Waals surface area contributed by atoms with E-state index < -0.39 is 11.9 Å². The fourth-order valence-corrected chi connectivity index (χ4v) is 3.15. The van der Waals surface area contributed by atoms with Gasteiger partial charge in [0.25, 0.3) is 0 Å². The first-order valence-corrected chi connectivity index (χ1v) is 7.59. The monoisotopic (exact) mass is 296 g/mol. The number of rotatable bonds is 3. The minimum atomic E-state index is -0.533. The number of carbonyl (C=O) groups is 2. The lowest BCUT2D eigenvalue weighted by molar-refractivity contribution is -0.138. The molecule has 1 saturated heterocycles. The molecule has 0 radical (unpaired) electrons. The molecule has 0 bridgehead atoms. The Morgan fingerprint density at radius 3 is 2.75 bits per heavy atom. The second kappa shape index (κ2) is 6.26. The van der Waals surface area contributed by atoms with Crippen LogP contribution in [-0.2, 0) is 9.59 Å². The van der Waals surface area contributed by atoms with Gasteiger partial charge in [-0.2, -0.15) is 0 Å². The van der Waals surface area contributed by atoms with Crippen molar-refractivity contribution in [2.24, 2.45) is 5.92 Å². The Labute approximate surface area is 121 Å². The van der Waals surface area contributed by atoms with Gasteiger partial charge in [-0.1, -0.05) is 26.0 Å². The minimum absolute atomic E-state index is 0.0521. The van der Waals surface area contributed by atoms with Crippen LogP contribution in [0.1, 0.15) is 13.8 Å². The van der Waals surface area contributed by atoms with Gasteiger partial charge in [-0.05, 0) is 12.1 Å². The summed E-state index contributed by atoms with van der Waals surface area (Å²) in [5.74, 6) is 0.0222. The molecule has 1 unspecified atom stereocenters. The molecule has 1 N–H and O–H groups in total. The van der Waals surface area contributed by atoms with Gasteiger partial charge in [-0.25, -0.2) is 4.39 Å². The molecule has 0 aliphatic carbocycles. The zero-order chi connectivity index (χ0) is 14.7. The van der Waals surface area contributed by atoms with E-state index in [4.69, 9.17) is 0 Å². The van der Waals surface area contributed by atoms with Crippen LogP contribution >= 0.6 is 11.8 Å². The first-order chi connectivity index (χ1) is 9.50. The van der Waals surface area contributed by atoms with Crippen molar-refractivity contribution in [3.05, 3.63) is 30.1 Å². The Morgan fingerprint density at radius 1 is 1.40 bits per heavy atom. The largest absolute Gasteiger partial charge is 0.322 e. The van der Waals surface area contributed by atoms with E-state index in [1.165, 1.54) is 23.9 Å². The molecule has 1 heterocycles. The summed E-state index contributed by atoms with van der Waals surface area (Å²) >= 11 is 1.53. The number of hydrogen-bond donors (Lipinski definition) is 1. The quantitative estimate of drug-likeness (QED) is 0.931. The Bertz CT molecular complexity index is 522. The van der Waals surface area contributed by atoms with Crippen molar-refractivity contribution in [2.45, 2.75) is 19.9 Å². The fraction of sp³-hybridized carbons (Fsp3) is 0.429. The molecule has 108 valence electrons. The second-order valence-electron chi connectivity index (χ2n) is 4.95. The number of benzene rings is 1. The molecule has 1 aliphatic rings. The lowest BCUT2D eigenvalue weighted by Crippen LogP contribution is -2.46. The molecular formula is C14H17FN2O2S. The molecule has 1 atom stereocenters. The molecule has 4 nitrogen and oxygen atoms in total. The van der Waals surface area contributed by atoms with Crippen LogP contribution in [0, 0.1) is 11.7 Å². The number of amides is 2. The summed E-state index contributed by atoms with van der Waals surface area (Å²) in [7, 11) is 0. The molecule has 0 saturated carbocycles. The van der Waals surface area contributed by atoms with Gasteiger partial charge < -0.3 is 10.2 Å². The highest BCUT2D eigenvalue weighted by Crippen LogP contribution is 2.24. The zero-order valence-electron chi connectivity index (χ0n) is 11.4. The SMILES string of the molecule is CC(C)C(=O)N1CSCC1C(=O)Nc1ccccc1F. The van der Waals surface area contributed by atoms with Crippen molar-refractivity contribution in [2.75, 3.05) is 16.9 Å². The van der Waals surface area contributed by atoms with E-state index >= 15 is 0 Å². The van der Waals surface area contributed by atoms with Crippen LogP contribution in [0.25, 0.3) is 0 Å². The van der Waals surface area contributed by atoms with Crippen LogP contribution < -0.4 is 5.32 Å². The van der Waals surface area contributed by atoms with Crippen LogP contribution in [0.3, 0.4) is 0 Å². The average Bonchev–Trinajstić information content (AvgIpc) is 2.89. The van der Waals surface area contributed by atoms with Gasteiger partial charge in [0.05, 0.1) is 11.6 Å². The third-order valence-corrected chi connectivity index (χ3v) is 4.11. The minimum Gasteiger partial charge on any atom is -0.322 e. The van der Waals surface area contributed by atoms with E-state index in [1.807, 2.05) is 0 Å². The van der Waals surface area contributed by atoms with E-state index in [0.29, 0.717) is 11.6 Å². The molecule has 20 heavy (non-hydrogen) atoms. The molecular weight excluding hydrogens is 279 g/mol. The summed E-state index contributed by atoms with van der Waals surface area (Å²) < 4.78 is 13.5. The van der Waals surface area contributed by atoms with E-state index in [-0.39, 0.29) is 23.4 Å². The normalized spacial score (nSPS) is 18.4. The average molecular weight is 296 g/mol. The van der Waals surface area contributed by atoms with Crippen LogP contribution in [0.15, 0.2) is 24.3 Å². The lowest BCUT2D eigenvalue weighted by atomic mass is 10.1. The Kier molecular flexibility index (Phi) is 4.65. The molecule has 1 aliphatic heterocycles. The van der Waals surface area contributed by atoms with Gasteiger partial charge in [-0.3, -0.25) is 9.59 Å². The highest BCUT2D eigenvalue weighted by atomic mass is 32.2. The Hall–Kier alpha value is -1.56. The summed E-state index contributed by atoms with van der Waals surface area (Å²) in [5.41, 5.74) is 0.145. The first-order valence-electron chi connectivity index (χ1n) is 6.44. The topological polar surface area (TPSA) is 49.4 Å². The summed E-state index contributed by atoms with van der Waals surface area (Å²) in [4.78, 5) is 25.8. The van der Waals surface area contributed by atoms with Gasteiger partial charge in [0.2, 0.25) is 11.8 Å². The predicted molar refractivity (Wildman–Crippen MR) is 77.8 cm³/mol. The van der Waals surface area contributed by atoms with Gasteiger partial charge in [0.1, 0.15) is 11.9 Å². The van der Waals surface area contributed by atoms with E-state index in [0.717, 1.165) is 0 Å². The van der Waals surface area contributed by atoms with Crippen molar-refractivity contribution in [3.8, 4) is 0 Å². The van der Waals surface area contributed by atoms with Crippen LogP contribution in [0.5, 0.6) is 0 Å². The number of nitrogens with one attached hydrogen (secondary N) is 1. The molecule has 2 amide bonds. The smallest absolute Gasteiger partial charge is 0.248 e. The number of anilines is 1. The van der Waals surface area contributed by atoms with Gasteiger partial charge >= 0.3 is 0 Å². The van der Waals surface area contributed by atoms with Crippen molar-refractivity contribution in [1.82, 2.24) is 4.90 Å². The van der Waals surface area contributed by atoms with Crippen LogP contribution in [-0.4, -0.2) is 34.4 Å². The number of para-hydroxylation sites is 1. The van der Waals surface area contributed by atoms with Crippen molar-refractivity contribution >= 4 is 29.3 Å². The molecule has 0 spiro atoms. The third-order valence-electron chi connectivity index (χ3n) is 3.09. The van der Waals surface area contributed by atoms with Crippen molar-refractivity contribution < 1.29 is 14.0 Å². The molecule has 6 heteroatoms. The molecule has 1 aromatic rings. The Morgan fingerprint density at radius 2 is 2.10 bits per heavy atom. The zero-order valence-corrected chi connectivity index (χ0v) is 12.2. The molecule has 2 rings (SSSR count). The fourth-order valence-electron chi connectivity index (χ4n) is 1.99. The highest BCUT2D eigenvalue weighted by molar-refractivity contribution is 7.99. The maximum Gasteiger partial charge on any atom is 0.248 e. The summed E-state index contributed by atoms with van der Waals surface area (Å²) in [6.07, 6.45) is 0. The number of nitrogens with zero attached hydrogens (tertiary/aromatic N) is 1. The number of hydrogen-bond acceptors (Lipinski definition) is 3. The summed E-state index contributed by atoms with van der Waals surface area (Å²) in [6.45, 7) is 3.61. The van der Waals surface area contributed by atoms with Gasteiger partial charge in [0.15, 0.2) is 0 Å². The first kappa shape index (κ1) is 14.8. The number of halogens is 1. The lowest BCUT2D eigenvalue weighted by Gasteiger charge is -2.24. The number of thioether (sulfide) groups is 1. The van der Waals surface area contributed by atoms with Gasteiger partial charge in [-0.15, -0.1) is 11.8 Å². The predicted octanol–water partition coefficient (Wildman–Crippen LogP) is 2.32. The standard InChI is InChI=1S/C14H17FN2O2S/c1-9(2)14(19)17-8-20-7-12(17)13(18)16-11-6-4-3-5-10(11)15/h3-6,9,12H,7-8H2,1-2H3,(H,16,18). The highest BCUT2D eigenvalue weighted by Gasteiger charge is 2.35. The van der Waals surface area contributed by atoms with Crippen molar-refractivity contribution in [3.63, 3.8) is 0 Å². The molecule has 0 aromatic heterocycles. The van der Waals surface area contributed by atoms with E-state index in [1.54, 1.807) is 30.9 Å². The molecule has 1 aromatic carbocycles. The second-order valence-corrected chi connectivity index (χ2v) is 5.95. The van der Waals surface area contributed by atoms with Crippen molar-refractivity contribution in [1.29, 1.82) is 0 Å². The third kappa shape index (κ3) is 3.12. The maximum atomic E-state index is 13.5. The maximum absolute atomic E-state index is 13.5. The van der Waals surface area contributed by atoms with Crippen LogP contribution in [0.2, 0.25) is 0 Å². The molecule has 1 fully saturated rings. The summed E-state index contributed by atoms with van der Waals surface area (Å²) in [6, 6.07) is 5.47. The van der Waals surface area contributed by atoms with Crippen LogP contribution in [0.4, 0.5) is 10.1 Å². The summed E-state index contributed by atoms with van der Waals surface area (Å²) in [5, 5.41) is 2.55. The Balaban J connectivity index is 2.09. The van der Waals surface area contributed by atoms with E-state index in [9.17, 15) is 14.0 Å². The number of carbonyl (C=O) groups excluding carboxylic acids is 2. The van der Waals surface area contributed by atoms with Gasteiger partial charge in [0, 0.05) is 11.7 Å².